The van der Waals surface area contributed by atoms with Crippen molar-refractivity contribution in [2.24, 2.45) is 5.92 Å². The molecule has 1 aliphatic heterocycles. The van der Waals surface area contributed by atoms with Crippen molar-refractivity contribution in [3.63, 3.8) is 0 Å². The molecule has 2 aromatic carbocycles. The van der Waals surface area contributed by atoms with Crippen LogP contribution in [0.3, 0.4) is 0 Å². The fourth-order valence-electron chi connectivity index (χ4n) is 4.02. The monoisotopic (exact) mass is 393 g/mol. The quantitative estimate of drug-likeness (QED) is 0.678. The number of carbonyl (C=O) groups is 1. The van der Waals surface area contributed by atoms with Crippen LogP contribution in [0.5, 0.6) is 0 Å². The third kappa shape index (κ3) is 3.90. The highest BCUT2D eigenvalue weighted by Crippen LogP contribution is 2.33. The Morgan fingerprint density at radius 1 is 1.25 bits per heavy atom. The van der Waals surface area contributed by atoms with Gasteiger partial charge in [0.15, 0.2) is 5.13 Å². The van der Waals surface area contributed by atoms with Gasteiger partial charge in [0.25, 0.3) is 0 Å². The topological polar surface area (TPSA) is 45.2 Å². The number of carbonyl (C=O) groups excluding carboxylic acids is 1. The van der Waals surface area contributed by atoms with Crippen molar-refractivity contribution in [1.82, 2.24) is 10.3 Å². The van der Waals surface area contributed by atoms with E-state index in [1.165, 1.54) is 15.8 Å². The molecule has 1 aromatic heterocycles. The molecule has 2 atom stereocenters. The van der Waals surface area contributed by atoms with Gasteiger partial charge in [-0.15, -0.1) is 0 Å². The summed E-state index contributed by atoms with van der Waals surface area (Å²) in [4.78, 5) is 20.1. The van der Waals surface area contributed by atoms with Crippen LogP contribution in [-0.2, 0) is 4.79 Å². The van der Waals surface area contributed by atoms with Crippen LogP contribution in [0.1, 0.15) is 42.5 Å². The molecule has 1 aliphatic rings. The summed E-state index contributed by atoms with van der Waals surface area (Å²) in [7, 11) is 0. The second-order valence-electron chi connectivity index (χ2n) is 7.85. The fourth-order valence-corrected chi connectivity index (χ4v) is 5.19. The number of nitrogens with one attached hydrogen (secondary N) is 1. The third-order valence-electron chi connectivity index (χ3n) is 5.54. The fraction of sp³-hybridized carbons (Fsp3) is 0.391. The summed E-state index contributed by atoms with van der Waals surface area (Å²) < 4.78 is 1.23. The lowest BCUT2D eigenvalue weighted by Crippen LogP contribution is -2.43. The van der Waals surface area contributed by atoms with Crippen LogP contribution in [0.15, 0.2) is 42.5 Å². The normalized spacial score (nSPS) is 18.2. The number of aromatic nitrogens is 1. The Morgan fingerprint density at radius 2 is 2.04 bits per heavy atom. The first-order valence-corrected chi connectivity index (χ1v) is 10.8. The SMILES string of the molecule is Cc1cc(C)c2nc(N3CCC[C@@H](C(=O)N[C@@H](C)c4ccccc4)C3)sc2c1. The highest BCUT2D eigenvalue weighted by molar-refractivity contribution is 7.22. The van der Waals surface area contributed by atoms with E-state index in [-0.39, 0.29) is 17.9 Å². The average Bonchev–Trinajstić information content (AvgIpc) is 3.13. The molecule has 4 rings (SSSR count). The van der Waals surface area contributed by atoms with Crippen molar-refractivity contribution in [1.29, 1.82) is 0 Å². The van der Waals surface area contributed by atoms with Crippen molar-refractivity contribution in [2.75, 3.05) is 18.0 Å². The van der Waals surface area contributed by atoms with E-state index in [0.717, 1.165) is 42.1 Å². The lowest BCUT2D eigenvalue weighted by molar-refractivity contribution is -0.125. The molecule has 1 saturated heterocycles. The highest BCUT2D eigenvalue weighted by Gasteiger charge is 2.28. The molecule has 0 radical (unpaired) electrons. The van der Waals surface area contributed by atoms with Gasteiger partial charge < -0.3 is 10.2 Å². The summed E-state index contributed by atoms with van der Waals surface area (Å²) >= 11 is 1.74. The number of thiazole rings is 1. The van der Waals surface area contributed by atoms with E-state index in [1.54, 1.807) is 11.3 Å². The molecule has 2 heterocycles. The lowest BCUT2D eigenvalue weighted by Gasteiger charge is -2.32. The Balaban J connectivity index is 1.47. The van der Waals surface area contributed by atoms with E-state index in [2.05, 4.69) is 48.3 Å². The Bertz CT molecular complexity index is 982. The summed E-state index contributed by atoms with van der Waals surface area (Å²) in [5.74, 6) is 0.156. The zero-order valence-corrected chi connectivity index (χ0v) is 17.6. The number of anilines is 1. The molecule has 1 fully saturated rings. The Kier molecular flexibility index (Phi) is 5.36. The molecular weight excluding hydrogens is 366 g/mol. The predicted molar refractivity (Wildman–Crippen MR) is 117 cm³/mol. The van der Waals surface area contributed by atoms with Gasteiger partial charge >= 0.3 is 0 Å². The molecule has 1 amide bonds. The molecule has 0 spiro atoms. The minimum Gasteiger partial charge on any atom is -0.349 e. The third-order valence-corrected chi connectivity index (χ3v) is 6.60. The molecule has 4 nitrogen and oxygen atoms in total. The zero-order chi connectivity index (χ0) is 19.7. The van der Waals surface area contributed by atoms with Crippen LogP contribution in [0.25, 0.3) is 10.2 Å². The summed E-state index contributed by atoms with van der Waals surface area (Å²) in [6, 6.07) is 14.6. The molecule has 28 heavy (non-hydrogen) atoms. The number of nitrogens with zero attached hydrogens (tertiary/aromatic N) is 2. The van der Waals surface area contributed by atoms with Gasteiger partial charge in [-0.1, -0.05) is 47.7 Å². The van der Waals surface area contributed by atoms with Gasteiger partial charge in [0.2, 0.25) is 5.91 Å². The first kappa shape index (κ1) is 18.9. The molecule has 0 aliphatic carbocycles. The maximum absolute atomic E-state index is 12.9. The first-order chi connectivity index (χ1) is 13.5. The molecule has 3 aromatic rings. The minimum atomic E-state index is 0.00903. The number of hydrogen-bond acceptors (Lipinski definition) is 4. The van der Waals surface area contributed by atoms with Crippen LogP contribution in [0.4, 0.5) is 5.13 Å². The van der Waals surface area contributed by atoms with Gasteiger partial charge in [-0.2, -0.15) is 0 Å². The molecule has 0 saturated carbocycles. The van der Waals surface area contributed by atoms with Crippen molar-refractivity contribution >= 4 is 32.6 Å². The Hall–Kier alpha value is -2.40. The first-order valence-electron chi connectivity index (χ1n) is 9.99. The highest BCUT2D eigenvalue weighted by atomic mass is 32.1. The zero-order valence-electron chi connectivity index (χ0n) is 16.7. The number of amides is 1. The standard InChI is InChI=1S/C23H27N3OS/c1-15-12-16(2)21-20(13-15)28-23(25-21)26-11-7-10-19(14-26)22(27)24-17(3)18-8-5-4-6-9-18/h4-6,8-9,12-13,17,19H,7,10-11,14H2,1-3H3,(H,24,27)/t17-,19+/m0/s1. The molecule has 0 bridgehead atoms. The predicted octanol–water partition coefficient (Wildman–Crippen LogP) is 5.01. The van der Waals surface area contributed by atoms with E-state index in [4.69, 9.17) is 4.98 Å². The maximum Gasteiger partial charge on any atom is 0.225 e. The molecule has 0 unspecified atom stereocenters. The van der Waals surface area contributed by atoms with Gasteiger partial charge in [-0.25, -0.2) is 4.98 Å². The van der Waals surface area contributed by atoms with Gasteiger partial charge in [0.1, 0.15) is 0 Å². The van der Waals surface area contributed by atoms with E-state index >= 15 is 0 Å². The summed E-state index contributed by atoms with van der Waals surface area (Å²) in [5.41, 5.74) is 4.72. The van der Waals surface area contributed by atoms with Gasteiger partial charge in [-0.05, 0) is 56.4 Å². The summed E-state index contributed by atoms with van der Waals surface area (Å²) in [5, 5.41) is 4.24. The van der Waals surface area contributed by atoms with Crippen molar-refractivity contribution < 1.29 is 4.79 Å². The van der Waals surface area contributed by atoms with E-state index < -0.39 is 0 Å². The molecule has 146 valence electrons. The van der Waals surface area contributed by atoms with Crippen LogP contribution >= 0.6 is 11.3 Å². The largest absolute Gasteiger partial charge is 0.349 e. The second-order valence-corrected chi connectivity index (χ2v) is 8.86. The number of hydrogen-bond donors (Lipinski definition) is 1. The van der Waals surface area contributed by atoms with Crippen LogP contribution in [-0.4, -0.2) is 24.0 Å². The number of aryl methyl sites for hydroxylation is 2. The summed E-state index contributed by atoms with van der Waals surface area (Å²) in [6.07, 6.45) is 1.96. The molecular formula is C23H27N3OS. The number of rotatable bonds is 4. The smallest absolute Gasteiger partial charge is 0.225 e. The van der Waals surface area contributed by atoms with Crippen molar-refractivity contribution in [2.45, 2.75) is 39.7 Å². The van der Waals surface area contributed by atoms with E-state index in [1.807, 2.05) is 25.1 Å². The lowest BCUT2D eigenvalue weighted by atomic mass is 9.96. The molecule has 5 heteroatoms. The van der Waals surface area contributed by atoms with Gasteiger partial charge in [0, 0.05) is 13.1 Å². The Labute approximate surface area is 170 Å². The molecule has 1 N–H and O–H groups in total. The number of piperidine rings is 1. The van der Waals surface area contributed by atoms with Gasteiger partial charge in [0.05, 0.1) is 22.2 Å². The number of fused-ring (bicyclic) bond motifs is 1. The van der Waals surface area contributed by atoms with Crippen LogP contribution in [0, 0.1) is 19.8 Å². The van der Waals surface area contributed by atoms with E-state index in [9.17, 15) is 4.79 Å². The maximum atomic E-state index is 12.9. The van der Waals surface area contributed by atoms with Crippen molar-refractivity contribution in [3.8, 4) is 0 Å². The van der Waals surface area contributed by atoms with Crippen LogP contribution < -0.4 is 10.2 Å². The Morgan fingerprint density at radius 3 is 2.82 bits per heavy atom. The minimum absolute atomic E-state index is 0.00903. The van der Waals surface area contributed by atoms with Crippen molar-refractivity contribution in [3.05, 3.63) is 59.2 Å². The average molecular weight is 394 g/mol. The van der Waals surface area contributed by atoms with Crippen LogP contribution in [0.2, 0.25) is 0 Å². The number of benzene rings is 2. The second kappa shape index (κ2) is 7.92. The summed E-state index contributed by atoms with van der Waals surface area (Å²) in [6.45, 7) is 8.00. The van der Waals surface area contributed by atoms with E-state index in [0.29, 0.717) is 0 Å². The van der Waals surface area contributed by atoms with Gasteiger partial charge in [-0.3, -0.25) is 4.79 Å².